The van der Waals surface area contributed by atoms with Crippen molar-refractivity contribution in [3.63, 3.8) is 0 Å². The van der Waals surface area contributed by atoms with Crippen LogP contribution in [0.2, 0.25) is 0 Å². The highest BCUT2D eigenvalue weighted by molar-refractivity contribution is 6.29. The Labute approximate surface area is 196 Å². The van der Waals surface area contributed by atoms with E-state index in [0.29, 0.717) is 10.9 Å². The van der Waals surface area contributed by atoms with Crippen molar-refractivity contribution in [2.45, 2.75) is 27.7 Å². The van der Waals surface area contributed by atoms with Crippen LogP contribution in [0.3, 0.4) is 0 Å². The minimum absolute atomic E-state index is 0.0221. The first-order chi connectivity index (χ1) is 16.3. The van der Waals surface area contributed by atoms with E-state index >= 15 is 0 Å². The molecule has 0 bridgehead atoms. The molecule has 0 N–H and O–H groups in total. The summed E-state index contributed by atoms with van der Waals surface area (Å²) in [6.45, 7) is 6.45. The maximum absolute atomic E-state index is 13.3. The quantitative estimate of drug-likeness (QED) is 0.359. The van der Waals surface area contributed by atoms with Gasteiger partial charge in [-0.15, -0.1) is 0 Å². The zero-order valence-corrected chi connectivity index (χ0v) is 19.9. The number of carbonyl (C=O) groups is 4. The van der Waals surface area contributed by atoms with Gasteiger partial charge in [-0.05, 0) is 33.8 Å². The summed E-state index contributed by atoms with van der Waals surface area (Å²) in [5, 5.41) is 0.880. The number of carbonyl (C=O) groups excluding carboxylic acids is 4. The molecule has 0 amide bonds. The zero-order valence-electron chi connectivity index (χ0n) is 19.9. The Kier molecular flexibility index (Phi) is 7.55. The van der Waals surface area contributed by atoms with E-state index < -0.39 is 23.9 Å². The third-order valence-electron chi connectivity index (χ3n) is 5.26. The Bertz CT molecular complexity index is 1290. The van der Waals surface area contributed by atoms with E-state index in [4.69, 9.17) is 18.9 Å². The molecule has 0 aliphatic rings. The smallest absolute Gasteiger partial charge is 0.341 e. The number of nitrogens with zero attached hydrogens (tertiary/aromatic N) is 1. The SMILES string of the molecule is CCOC(=O)c1c(C(=O)OCC)c(C(=O)OCC)c2c(c1C(=O)OCC)c1ccccc1n2C. The number of rotatable bonds is 8. The van der Waals surface area contributed by atoms with Gasteiger partial charge in [0, 0.05) is 23.3 Å². The molecule has 0 atom stereocenters. The van der Waals surface area contributed by atoms with E-state index in [-0.39, 0.29) is 59.6 Å². The number of esters is 4. The van der Waals surface area contributed by atoms with E-state index in [0.717, 1.165) is 0 Å². The summed E-state index contributed by atoms with van der Waals surface area (Å²) in [6.07, 6.45) is 0. The first-order valence-electron chi connectivity index (χ1n) is 11.1. The van der Waals surface area contributed by atoms with Crippen molar-refractivity contribution >= 4 is 45.7 Å². The average Bonchev–Trinajstić information content (AvgIpc) is 3.10. The van der Waals surface area contributed by atoms with Crippen molar-refractivity contribution in [2.75, 3.05) is 26.4 Å². The van der Waals surface area contributed by atoms with Crippen LogP contribution in [0.5, 0.6) is 0 Å². The molecule has 1 heterocycles. The Balaban J connectivity index is 2.71. The van der Waals surface area contributed by atoms with Gasteiger partial charge in [0.15, 0.2) is 0 Å². The molecule has 0 radical (unpaired) electrons. The lowest BCUT2D eigenvalue weighted by Crippen LogP contribution is -2.25. The molecule has 3 aromatic rings. The zero-order chi connectivity index (χ0) is 25.0. The molecule has 34 heavy (non-hydrogen) atoms. The number of aromatic nitrogens is 1. The lowest BCUT2D eigenvalue weighted by atomic mass is 9.90. The number of fused-ring (bicyclic) bond motifs is 3. The van der Waals surface area contributed by atoms with E-state index in [9.17, 15) is 19.2 Å². The minimum atomic E-state index is -0.952. The normalized spacial score (nSPS) is 10.9. The number of hydrogen-bond acceptors (Lipinski definition) is 8. The van der Waals surface area contributed by atoms with Gasteiger partial charge in [0.2, 0.25) is 0 Å². The Morgan fingerprint density at radius 1 is 0.647 bits per heavy atom. The summed E-state index contributed by atoms with van der Waals surface area (Å²) in [5.74, 6) is -3.56. The van der Waals surface area contributed by atoms with Crippen LogP contribution in [-0.4, -0.2) is 54.9 Å². The fourth-order valence-electron chi connectivity index (χ4n) is 4.06. The number of benzene rings is 2. The predicted octanol–water partition coefficient (Wildman–Crippen LogP) is 4.04. The molecule has 0 saturated carbocycles. The van der Waals surface area contributed by atoms with E-state index in [2.05, 4.69) is 0 Å². The van der Waals surface area contributed by atoms with Crippen molar-refractivity contribution in [2.24, 2.45) is 7.05 Å². The van der Waals surface area contributed by atoms with Crippen LogP contribution in [0.4, 0.5) is 0 Å². The van der Waals surface area contributed by atoms with Gasteiger partial charge < -0.3 is 23.5 Å². The van der Waals surface area contributed by atoms with Crippen molar-refractivity contribution in [3.05, 3.63) is 46.5 Å². The molecule has 2 aromatic carbocycles. The van der Waals surface area contributed by atoms with Crippen LogP contribution in [0.1, 0.15) is 69.1 Å². The summed E-state index contributed by atoms with van der Waals surface area (Å²) in [7, 11) is 1.70. The Morgan fingerprint density at radius 2 is 1.06 bits per heavy atom. The van der Waals surface area contributed by atoms with Gasteiger partial charge in [-0.25, -0.2) is 19.2 Å². The van der Waals surface area contributed by atoms with Crippen molar-refractivity contribution < 1.29 is 38.1 Å². The molecule has 9 nitrogen and oxygen atoms in total. The molecule has 1 aromatic heterocycles. The van der Waals surface area contributed by atoms with E-state index in [1.807, 2.05) is 0 Å². The van der Waals surface area contributed by atoms with Gasteiger partial charge in [0.1, 0.15) is 0 Å². The molecule has 9 heteroatoms. The van der Waals surface area contributed by atoms with Gasteiger partial charge in [0.05, 0.1) is 54.2 Å². The van der Waals surface area contributed by atoms with Crippen molar-refractivity contribution in [1.29, 1.82) is 0 Å². The highest BCUT2D eigenvalue weighted by atomic mass is 16.5. The molecule has 0 aliphatic heterocycles. The van der Waals surface area contributed by atoms with Crippen LogP contribution in [-0.2, 0) is 26.0 Å². The lowest BCUT2D eigenvalue weighted by Gasteiger charge is -2.18. The van der Waals surface area contributed by atoms with Crippen molar-refractivity contribution in [3.8, 4) is 0 Å². The molecule has 0 saturated heterocycles. The van der Waals surface area contributed by atoms with Gasteiger partial charge in [-0.2, -0.15) is 0 Å². The molecule has 180 valence electrons. The molecular weight excluding hydrogens is 442 g/mol. The summed E-state index contributed by atoms with van der Waals surface area (Å²) in [6, 6.07) is 7.12. The van der Waals surface area contributed by atoms with Crippen LogP contribution in [0, 0.1) is 0 Å². The maximum Gasteiger partial charge on any atom is 0.341 e. The molecular formula is C25H27NO8. The van der Waals surface area contributed by atoms with Crippen LogP contribution in [0.15, 0.2) is 24.3 Å². The molecule has 0 unspecified atom stereocenters. The Hall–Kier alpha value is -3.88. The summed E-state index contributed by atoms with van der Waals surface area (Å²) in [4.78, 5) is 53.0. The molecule has 0 fully saturated rings. The monoisotopic (exact) mass is 469 g/mol. The number of hydrogen-bond donors (Lipinski definition) is 0. The van der Waals surface area contributed by atoms with Crippen LogP contribution >= 0.6 is 0 Å². The van der Waals surface area contributed by atoms with Crippen LogP contribution < -0.4 is 0 Å². The summed E-state index contributed by atoms with van der Waals surface area (Å²) in [5.41, 5.74) is -0.192. The fraction of sp³-hybridized carbons (Fsp3) is 0.360. The average molecular weight is 469 g/mol. The molecule has 0 aliphatic carbocycles. The second-order valence-corrected chi connectivity index (χ2v) is 7.18. The van der Waals surface area contributed by atoms with Gasteiger partial charge >= 0.3 is 23.9 Å². The number of aryl methyl sites for hydroxylation is 1. The second-order valence-electron chi connectivity index (χ2n) is 7.18. The van der Waals surface area contributed by atoms with Gasteiger partial charge in [-0.1, -0.05) is 18.2 Å². The molecule has 0 spiro atoms. The lowest BCUT2D eigenvalue weighted by molar-refractivity contribution is 0.0446. The molecule has 3 rings (SSSR count). The van der Waals surface area contributed by atoms with Crippen LogP contribution in [0.25, 0.3) is 21.8 Å². The van der Waals surface area contributed by atoms with Crippen molar-refractivity contribution in [1.82, 2.24) is 4.57 Å². The van der Waals surface area contributed by atoms with E-state index in [1.54, 1.807) is 63.6 Å². The number of para-hydroxylation sites is 1. The maximum atomic E-state index is 13.3. The van der Waals surface area contributed by atoms with Gasteiger partial charge in [0.25, 0.3) is 0 Å². The highest BCUT2D eigenvalue weighted by Gasteiger charge is 2.38. The van der Waals surface area contributed by atoms with E-state index in [1.165, 1.54) is 0 Å². The number of ether oxygens (including phenoxy) is 4. The Morgan fingerprint density at radius 3 is 1.56 bits per heavy atom. The fourth-order valence-corrected chi connectivity index (χ4v) is 4.06. The third kappa shape index (κ3) is 4.09. The minimum Gasteiger partial charge on any atom is -0.462 e. The first-order valence-corrected chi connectivity index (χ1v) is 11.1. The largest absolute Gasteiger partial charge is 0.462 e. The highest BCUT2D eigenvalue weighted by Crippen LogP contribution is 2.39. The standard InChI is InChI=1S/C25H27NO8/c1-6-31-22(27)17-16-14-12-10-11-13-15(14)26(5)21(16)20(25(30)34-9-4)19(24(29)33-8-3)18(17)23(28)32-7-2/h10-13H,6-9H2,1-5H3. The third-order valence-corrected chi connectivity index (χ3v) is 5.26. The van der Waals surface area contributed by atoms with Gasteiger partial charge in [-0.3, -0.25) is 0 Å². The predicted molar refractivity (Wildman–Crippen MR) is 124 cm³/mol. The topological polar surface area (TPSA) is 110 Å². The summed E-state index contributed by atoms with van der Waals surface area (Å²) >= 11 is 0. The second kappa shape index (κ2) is 10.4. The first kappa shape index (κ1) is 24.8. The summed E-state index contributed by atoms with van der Waals surface area (Å²) < 4.78 is 22.7.